The van der Waals surface area contributed by atoms with Crippen LogP contribution in [0.3, 0.4) is 0 Å². The Balaban J connectivity index is 2.89. The highest BCUT2D eigenvalue weighted by Gasteiger charge is 1.99. The van der Waals surface area contributed by atoms with Gasteiger partial charge in [0.15, 0.2) is 0 Å². The second-order valence-corrected chi connectivity index (χ2v) is 2.42. The van der Waals surface area contributed by atoms with Crippen molar-refractivity contribution < 1.29 is 4.39 Å². The standard InChI is InChI=1S/C7H9FN2/c1-5(2)6-3-10-7(8)4-9-6/h3-5H,1-2H3. The Morgan fingerprint density at radius 3 is 2.40 bits per heavy atom. The first-order valence-electron chi connectivity index (χ1n) is 3.17. The van der Waals surface area contributed by atoms with Gasteiger partial charge >= 0.3 is 0 Å². The Bertz CT molecular complexity index is 205. The monoisotopic (exact) mass is 140 g/mol. The van der Waals surface area contributed by atoms with Gasteiger partial charge in [-0.15, -0.1) is 0 Å². The highest BCUT2D eigenvalue weighted by molar-refractivity contribution is 5.00. The third-order valence-electron chi connectivity index (χ3n) is 1.23. The molecular formula is C7H9FN2. The maximum Gasteiger partial charge on any atom is 0.231 e. The lowest BCUT2D eigenvalue weighted by Crippen LogP contribution is -1.94. The number of hydrogen-bond donors (Lipinski definition) is 0. The molecule has 0 aliphatic rings. The van der Waals surface area contributed by atoms with Crippen molar-refractivity contribution in [2.75, 3.05) is 0 Å². The predicted octanol–water partition coefficient (Wildman–Crippen LogP) is 1.74. The van der Waals surface area contributed by atoms with Crippen LogP contribution >= 0.6 is 0 Å². The number of rotatable bonds is 1. The van der Waals surface area contributed by atoms with Crippen molar-refractivity contribution in [1.82, 2.24) is 9.97 Å². The second kappa shape index (κ2) is 2.73. The molecule has 0 amide bonds. The minimum absolute atomic E-state index is 0.313. The first-order chi connectivity index (χ1) is 4.70. The van der Waals surface area contributed by atoms with Crippen molar-refractivity contribution in [3.05, 3.63) is 24.0 Å². The molecule has 3 heteroatoms. The minimum atomic E-state index is -0.524. The van der Waals surface area contributed by atoms with E-state index in [9.17, 15) is 4.39 Å². The summed E-state index contributed by atoms with van der Waals surface area (Å²) < 4.78 is 12.2. The highest BCUT2D eigenvalue weighted by atomic mass is 19.1. The number of nitrogens with zero attached hydrogens (tertiary/aromatic N) is 2. The van der Waals surface area contributed by atoms with Gasteiger partial charge in [0.05, 0.1) is 18.1 Å². The van der Waals surface area contributed by atoms with Crippen LogP contribution < -0.4 is 0 Å². The Morgan fingerprint density at radius 2 is 2.00 bits per heavy atom. The molecule has 1 rings (SSSR count). The van der Waals surface area contributed by atoms with Crippen molar-refractivity contribution in [3.63, 3.8) is 0 Å². The second-order valence-electron chi connectivity index (χ2n) is 2.42. The van der Waals surface area contributed by atoms with Gasteiger partial charge in [-0.1, -0.05) is 13.8 Å². The molecule has 0 saturated heterocycles. The fourth-order valence-electron chi connectivity index (χ4n) is 0.620. The molecule has 0 N–H and O–H groups in total. The quantitative estimate of drug-likeness (QED) is 0.593. The van der Waals surface area contributed by atoms with Crippen LogP contribution in [0.15, 0.2) is 12.4 Å². The molecule has 2 nitrogen and oxygen atoms in total. The fraction of sp³-hybridized carbons (Fsp3) is 0.429. The number of halogens is 1. The van der Waals surface area contributed by atoms with Crippen LogP contribution in [0.1, 0.15) is 25.5 Å². The largest absolute Gasteiger partial charge is 0.255 e. The van der Waals surface area contributed by atoms with Crippen LogP contribution in [0.25, 0.3) is 0 Å². The maximum absolute atomic E-state index is 12.2. The van der Waals surface area contributed by atoms with E-state index < -0.39 is 5.95 Å². The maximum atomic E-state index is 12.2. The molecule has 0 radical (unpaired) electrons. The normalized spacial score (nSPS) is 10.4. The van der Waals surface area contributed by atoms with E-state index in [1.165, 1.54) is 6.20 Å². The van der Waals surface area contributed by atoms with Gasteiger partial charge in [-0.05, 0) is 5.92 Å². The molecule has 10 heavy (non-hydrogen) atoms. The van der Waals surface area contributed by atoms with Gasteiger partial charge in [0.25, 0.3) is 0 Å². The zero-order valence-corrected chi connectivity index (χ0v) is 6.00. The highest BCUT2D eigenvalue weighted by Crippen LogP contribution is 2.08. The lowest BCUT2D eigenvalue weighted by molar-refractivity contribution is 0.571. The van der Waals surface area contributed by atoms with Crippen LogP contribution in [0.4, 0.5) is 4.39 Å². The van der Waals surface area contributed by atoms with Crippen molar-refractivity contribution in [3.8, 4) is 0 Å². The van der Waals surface area contributed by atoms with E-state index in [-0.39, 0.29) is 0 Å². The summed E-state index contributed by atoms with van der Waals surface area (Å²) in [6, 6.07) is 0. The first kappa shape index (κ1) is 7.12. The van der Waals surface area contributed by atoms with Crippen molar-refractivity contribution in [2.24, 2.45) is 0 Å². The SMILES string of the molecule is CC(C)c1cnc(F)cn1. The molecule has 0 aliphatic heterocycles. The van der Waals surface area contributed by atoms with Crippen molar-refractivity contribution >= 4 is 0 Å². The minimum Gasteiger partial charge on any atom is -0.255 e. The van der Waals surface area contributed by atoms with Gasteiger partial charge < -0.3 is 0 Å². The average molecular weight is 140 g/mol. The predicted molar refractivity (Wildman–Crippen MR) is 36.1 cm³/mol. The van der Waals surface area contributed by atoms with Gasteiger partial charge in [-0.2, -0.15) is 4.39 Å². The molecule has 0 unspecified atom stereocenters. The van der Waals surface area contributed by atoms with E-state index in [0.717, 1.165) is 11.9 Å². The van der Waals surface area contributed by atoms with Gasteiger partial charge in [-0.25, -0.2) is 4.98 Å². The smallest absolute Gasteiger partial charge is 0.231 e. The summed E-state index contributed by atoms with van der Waals surface area (Å²) in [6.07, 6.45) is 2.59. The lowest BCUT2D eigenvalue weighted by Gasteiger charge is -2.00. The summed E-state index contributed by atoms with van der Waals surface area (Å²) in [5, 5.41) is 0. The fourth-order valence-corrected chi connectivity index (χ4v) is 0.620. The van der Waals surface area contributed by atoms with E-state index >= 15 is 0 Å². The molecule has 0 aliphatic carbocycles. The third-order valence-corrected chi connectivity index (χ3v) is 1.23. The van der Waals surface area contributed by atoms with Gasteiger partial charge in [0.2, 0.25) is 5.95 Å². The van der Waals surface area contributed by atoms with Gasteiger partial charge in [0.1, 0.15) is 0 Å². The zero-order valence-electron chi connectivity index (χ0n) is 6.00. The summed E-state index contributed by atoms with van der Waals surface area (Å²) in [6.45, 7) is 3.98. The number of hydrogen-bond acceptors (Lipinski definition) is 2. The van der Waals surface area contributed by atoms with Crippen LogP contribution in [0, 0.1) is 5.95 Å². The van der Waals surface area contributed by atoms with Gasteiger partial charge in [0, 0.05) is 0 Å². The first-order valence-corrected chi connectivity index (χ1v) is 3.17. The van der Waals surface area contributed by atoms with Crippen molar-refractivity contribution in [1.29, 1.82) is 0 Å². The van der Waals surface area contributed by atoms with E-state index in [1.807, 2.05) is 13.8 Å². The number of aromatic nitrogens is 2. The van der Waals surface area contributed by atoms with Crippen molar-refractivity contribution in [2.45, 2.75) is 19.8 Å². The molecule has 0 aromatic carbocycles. The Kier molecular flexibility index (Phi) is 1.94. The molecule has 0 atom stereocenters. The van der Waals surface area contributed by atoms with E-state index in [0.29, 0.717) is 5.92 Å². The summed E-state index contributed by atoms with van der Waals surface area (Å²) >= 11 is 0. The van der Waals surface area contributed by atoms with E-state index in [4.69, 9.17) is 0 Å². The topological polar surface area (TPSA) is 25.8 Å². The molecule has 0 bridgehead atoms. The molecule has 0 spiro atoms. The molecule has 0 fully saturated rings. The van der Waals surface area contributed by atoms with Crippen LogP contribution in [0.5, 0.6) is 0 Å². The molecule has 0 saturated carbocycles. The Labute approximate surface area is 59.1 Å². The Hall–Kier alpha value is -0.990. The van der Waals surface area contributed by atoms with Crippen LogP contribution in [-0.2, 0) is 0 Å². The molecule has 54 valence electrons. The summed E-state index contributed by atoms with van der Waals surface area (Å²) in [5.41, 5.74) is 0.821. The van der Waals surface area contributed by atoms with E-state index in [2.05, 4.69) is 9.97 Å². The lowest BCUT2D eigenvalue weighted by atomic mass is 10.1. The van der Waals surface area contributed by atoms with Crippen LogP contribution in [0.2, 0.25) is 0 Å². The Morgan fingerprint density at radius 1 is 1.30 bits per heavy atom. The molecule has 1 aromatic rings. The molecule has 1 aromatic heterocycles. The summed E-state index contributed by atoms with van der Waals surface area (Å²) in [5.74, 6) is -0.211. The third kappa shape index (κ3) is 1.50. The van der Waals surface area contributed by atoms with E-state index in [1.54, 1.807) is 0 Å². The molecule has 1 heterocycles. The van der Waals surface area contributed by atoms with Crippen LogP contribution in [-0.4, -0.2) is 9.97 Å². The average Bonchev–Trinajstić information content (AvgIpc) is 1.88. The summed E-state index contributed by atoms with van der Waals surface area (Å²) in [4.78, 5) is 7.31. The molecular weight excluding hydrogens is 131 g/mol. The van der Waals surface area contributed by atoms with Gasteiger partial charge in [-0.3, -0.25) is 4.98 Å². The summed E-state index contributed by atoms with van der Waals surface area (Å²) in [7, 11) is 0. The zero-order chi connectivity index (χ0) is 7.56.